The summed E-state index contributed by atoms with van der Waals surface area (Å²) in [5.74, 6) is -0.752. The minimum atomic E-state index is -0.992. The molecule has 0 aromatic rings. The fourth-order valence-electron chi connectivity index (χ4n) is 1.71. The molecule has 1 aliphatic rings. The van der Waals surface area contributed by atoms with Crippen LogP contribution in [0.2, 0.25) is 0 Å². The largest absolute Gasteiger partial charge is 0.480 e. The van der Waals surface area contributed by atoms with E-state index in [-0.39, 0.29) is 5.91 Å². The molecule has 1 aliphatic heterocycles. The molecule has 3 N–H and O–H groups in total. The zero-order valence-electron chi connectivity index (χ0n) is 8.95. The molecule has 0 aliphatic carbocycles. The number of carbonyl (C=O) groups is 2. The highest BCUT2D eigenvalue weighted by Gasteiger charge is 2.19. The molecular formula is C10H18N2O3. The van der Waals surface area contributed by atoms with Crippen molar-refractivity contribution in [2.24, 2.45) is 5.92 Å². The number of hydrogen-bond donors (Lipinski definition) is 3. The van der Waals surface area contributed by atoms with Crippen LogP contribution < -0.4 is 10.6 Å². The molecule has 0 aromatic carbocycles. The lowest BCUT2D eigenvalue weighted by Crippen LogP contribution is -2.40. The normalized spacial score (nSPS) is 19.5. The van der Waals surface area contributed by atoms with Gasteiger partial charge in [0.25, 0.3) is 0 Å². The average Bonchev–Trinajstić information content (AvgIpc) is 2.18. The van der Waals surface area contributed by atoms with Crippen molar-refractivity contribution in [3.8, 4) is 0 Å². The van der Waals surface area contributed by atoms with E-state index in [4.69, 9.17) is 5.11 Å². The zero-order valence-corrected chi connectivity index (χ0v) is 8.95. The number of aliphatic carboxylic acids is 1. The van der Waals surface area contributed by atoms with Crippen LogP contribution in [0.15, 0.2) is 0 Å². The van der Waals surface area contributed by atoms with E-state index in [1.165, 1.54) is 6.92 Å². The minimum Gasteiger partial charge on any atom is -0.480 e. The maximum atomic E-state index is 11.4. The van der Waals surface area contributed by atoms with E-state index >= 15 is 0 Å². The number of nitrogens with one attached hydrogen (secondary N) is 2. The van der Waals surface area contributed by atoms with Gasteiger partial charge >= 0.3 is 5.97 Å². The van der Waals surface area contributed by atoms with E-state index < -0.39 is 12.0 Å². The number of amides is 1. The molecule has 15 heavy (non-hydrogen) atoms. The van der Waals surface area contributed by atoms with Crippen LogP contribution in [0.3, 0.4) is 0 Å². The molecule has 0 radical (unpaired) electrons. The molecule has 1 saturated heterocycles. The molecule has 1 heterocycles. The van der Waals surface area contributed by atoms with Crippen molar-refractivity contribution in [1.82, 2.24) is 10.6 Å². The topological polar surface area (TPSA) is 78.4 Å². The highest BCUT2D eigenvalue weighted by atomic mass is 16.4. The highest BCUT2D eigenvalue weighted by Crippen LogP contribution is 2.15. The summed E-state index contributed by atoms with van der Waals surface area (Å²) in [6, 6.07) is -0.792. The number of carboxylic acids is 1. The van der Waals surface area contributed by atoms with Gasteiger partial charge in [-0.15, -0.1) is 0 Å². The van der Waals surface area contributed by atoms with Gasteiger partial charge in [0.1, 0.15) is 6.04 Å². The summed E-state index contributed by atoms with van der Waals surface area (Å²) in [5, 5.41) is 14.3. The van der Waals surface area contributed by atoms with Crippen molar-refractivity contribution in [3.63, 3.8) is 0 Å². The summed E-state index contributed by atoms with van der Waals surface area (Å²) in [5.41, 5.74) is 0. The lowest BCUT2D eigenvalue weighted by atomic mass is 9.94. The second kappa shape index (κ2) is 5.70. The molecule has 0 aromatic heterocycles. The lowest BCUT2D eigenvalue weighted by molar-refractivity contribution is -0.141. The van der Waals surface area contributed by atoms with E-state index in [0.717, 1.165) is 25.9 Å². The van der Waals surface area contributed by atoms with Crippen LogP contribution in [0.1, 0.15) is 26.2 Å². The second-order valence-corrected chi connectivity index (χ2v) is 4.02. The van der Waals surface area contributed by atoms with Gasteiger partial charge in [0.05, 0.1) is 0 Å². The number of piperidine rings is 1. The molecule has 1 rings (SSSR count). The highest BCUT2D eigenvalue weighted by molar-refractivity contribution is 5.83. The molecule has 1 amide bonds. The Kier molecular flexibility index (Phi) is 4.55. The Morgan fingerprint density at radius 1 is 1.47 bits per heavy atom. The van der Waals surface area contributed by atoms with Gasteiger partial charge in [-0.2, -0.15) is 0 Å². The van der Waals surface area contributed by atoms with Crippen LogP contribution in [0.5, 0.6) is 0 Å². The van der Waals surface area contributed by atoms with Crippen molar-refractivity contribution in [2.45, 2.75) is 32.2 Å². The summed E-state index contributed by atoms with van der Waals surface area (Å²) in [6.45, 7) is 3.38. The third kappa shape index (κ3) is 4.29. The smallest absolute Gasteiger partial charge is 0.325 e. The minimum absolute atomic E-state index is 0.156. The number of carboxylic acid groups (broad SMARTS) is 1. The summed E-state index contributed by atoms with van der Waals surface area (Å²) in [6.07, 6.45) is 2.43. The Labute approximate surface area is 89.2 Å². The van der Waals surface area contributed by atoms with Crippen LogP contribution >= 0.6 is 0 Å². The van der Waals surface area contributed by atoms with Crippen molar-refractivity contribution in [3.05, 3.63) is 0 Å². The quantitative estimate of drug-likeness (QED) is 0.614. The molecule has 1 atom stereocenters. The number of carbonyl (C=O) groups excluding carboxylic acids is 1. The summed E-state index contributed by atoms with van der Waals surface area (Å²) in [7, 11) is 0. The van der Waals surface area contributed by atoms with Gasteiger partial charge in [-0.25, -0.2) is 0 Å². The Hall–Kier alpha value is -1.10. The van der Waals surface area contributed by atoms with Crippen molar-refractivity contribution < 1.29 is 14.7 Å². The summed E-state index contributed by atoms with van der Waals surface area (Å²) >= 11 is 0. The van der Waals surface area contributed by atoms with Crippen LogP contribution in [0.25, 0.3) is 0 Å². The molecule has 5 heteroatoms. The fourth-order valence-corrected chi connectivity index (χ4v) is 1.71. The number of hydrogen-bond acceptors (Lipinski definition) is 3. The monoisotopic (exact) mass is 214 g/mol. The second-order valence-electron chi connectivity index (χ2n) is 4.02. The molecule has 0 spiro atoms. The predicted octanol–water partition coefficient (Wildman–Crippen LogP) is -0.0346. The first-order valence-corrected chi connectivity index (χ1v) is 5.32. The lowest BCUT2D eigenvalue weighted by Gasteiger charge is -2.22. The molecule has 86 valence electrons. The van der Waals surface area contributed by atoms with Crippen molar-refractivity contribution in [1.29, 1.82) is 0 Å². The van der Waals surface area contributed by atoms with Gasteiger partial charge in [-0.05, 0) is 38.8 Å². The van der Waals surface area contributed by atoms with Crippen molar-refractivity contribution in [2.75, 3.05) is 13.1 Å². The molecule has 0 saturated carbocycles. The molecule has 0 bridgehead atoms. The molecule has 0 unspecified atom stereocenters. The van der Waals surface area contributed by atoms with Gasteiger partial charge in [0, 0.05) is 6.42 Å². The Bertz CT molecular complexity index is 237. The van der Waals surface area contributed by atoms with Gasteiger partial charge in [-0.3, -0.25) is 9.59 Å². The predicted molar refractivity (Wildman–Crippen MR) is 55.5 cm³/mol. The van der Waals surface area contributed by atoms with Gasteiger partial charge in [0.2, 0.25) is 5.91 Å². The molecule has 5 nitrogen and oxygen atoms in total. The Morgan fingerprint density at radius 3 is 2.60 bits per heavy atom. The first kappa shape index (κ1) is 12.0. The fraction of sp³-hybridized carbons (Fsp3) is 0.800. The Morgan fingerprint density at radius 2 is 2.07 bits per heavy atom. The van der Waals surface area contributed by atoms with Crippen molar-refractivity contribution >= 4 is 11.9 Å². The molecule has 1 fully saturated rings. The standard InChI is InChI=1S/C10H18N2O3/c1-7(10(14)15)12-9(13)6-8-2-4-11-5-3-8/h7-8,11H,2-6H2,1H3,(H,12,13)(H,14,15)/t7-/m0/s1. The third-order valence-electron chi connectivity index (χ3n) is 2.68. The van der Waals surface area contributed by atoms with Crippen LogP contribution in [0, 0.1) is 5.92 Å². The summed E-state index contributed by atoms with van der Waals surface area (Å²) in [4.78, 5) is 21.9. The van der Waals surface area contributed by atoms with E-state index in [2.05, 4.69) is 10.6 Å². The summed E-state index contributed by atoms with van der Waals surface area (Å²) < 4.78 is 0. The van der Waals surface area contributed by atoms with E-state index in [9.17, 15) is 9.59 Å². The first-order valence-electron chi connectivity index (χ1n) is 5.32. The van der Waals surface area contributed by atoms with Gasteiger partial charge in [0.15, 0.2) is 0 Å². The maximum Gasteiger partial charge on any atom is 0.325 e. The van der Waals surface area contributed by atoms with Crippen LogP contribution in [-0.4, -0.2) is 36.1 Å². The van der Waals surface area contributed by atoms with Gasteiger partial charge in [-0.1, -0.05) is 0 Å². The third-order valence-corrected chi connectivity index (χ3v) is 2.68. The van der Waals surface area contributed by atoms with Gasteiger partial charge < -0.3 is 15.7 Å². The van der Waals surface area contributed by atoms with Crippen LogP contribution in [-0.2, 0) is 9.59 Å². The Balaban J connectivity index is 2.25. The van der Waals surface area contributed by atoms with E-state index in [1.54, 1.807) is 0 Å². The van der Waals surface area contributed by atoms with E-state index in [0.29, 0.717) is 12.3 Å². The first-order chi connectivity index (χ1) is 7.09. The molecular weight excluding hydrogens is 196 g/mol. The van der Waals surface area contributed by atoms with Crippen LogP contribution in [0.4, 0.5) is 0 Å². The zero-order chi connectivity index (χ0) is 11.3. The SMILES string of the molecule is C[C@H](NC(=O)CC1CCNCC1)C(=O)O. The van der Waals surface area contributed by atoms with E-state index in [1.807, 2.05) is 0 Å². The number of rotatable bonds is 4. The maximum absolute atomic E-state index is 11.4. The average molecular weight is 214 g/mol.